The average Bonchev–Trinajstić information content (AvgIpc) is 2.36. The van der Waals surface area contributed by atoms with Crippen LogP contribution in [-0.4, -0.2) is 42.3 Å². The maximum Gasteiger partial charge on any atom is 0.179 e. The Kier molecular flexibility index (Phi) is 6.36. The first-order valence-electron chi connectivity index (χ1n) is 6.07. The van der Waals surface area contributed by atoms with Gasteiger partial charge in [0.1, 0.15) is 5.82 Å². The zero-order chi connectivity index (χ0) is 13.5. The molecule has 0 spiro atoms. The van der Waals surface area contributed by atoms with Crippen LogP contribution in [0.5, 0.6) is 0 Å². The Morgan fingerprint density at radius 2 is 2.11 bits per heavy atom. The van der Waals surface area contributed by atoms with Crippen LogP contribution in [0.4, 0.5) is 4.39 Å². The van der Waals surface area contributed by atoms with Gasteiger partial charge in [0.05, 0.1) is 12.1 Å². The Bertz CT molecular complexity index is 397. The van der Waals surface area contributed by atoms with Gasteiger partial charge in [0, 0.05) is 11.8 Å². The molecule has 1 rings (SSSR count). The zero-order valence-electron chi connectivity index (χ0n) is 11.1. The van der Waals surface area contributed by atoms with Gasteiger partial charge < -0.3 is 0 Å². The standard InChI is InChI=1S/C14H20FNOS/c1-4-11(10-18-3)16(2)9-14(17)12-7-5-6-8-13(12)15/h5-8,11H,4,9-10H2,1-3H3. The minimum atomic E-state index is -0.436. The lowest BCUT2D eigenvalue weighted by molar-refractivity contribution is 0.0921. The van der Waals surface area contributed by atoms with Gasteiger partial charge in [-0.15, -0.1) is 0 Å². The molecule has 0 radical (unpaired) electrons. The van der Waals surface area contributed by atoms with E-state index < -0.39 is 5.82 Å². The summed E-state index contributed by atoms with van der Waals surface area (Å²) in [4.78, 5) is 14.0. The minimum Gasteiger partial charge on any atom is -0.295 e. The van der Waals surface area contributed by atoms with Gasteiger partial charge in [-0.3, -0.25) is 9.69 Å². The smallest absolute Gasteiger partial charge is 0.179 e. The van der Waals surface area contributed by atoms with E-state index in [1.807, 2.05) is 11.9 Å². The molecule has 0 saturated heterocycles. The molecule has 0 bridgehead atoms. The molecular formula is C14H20FNOS. The van der Waals surface area contributed by atoms with Gasteiger partial charge in [-0.05, 0) is 31.9 Å². The summed E-state index contributed by atoms with van der Waals surface area (Å²) in [5.41, 5.74) is 0.184. The SMILES string of the molecule is CCC(CSC)N(C)CC(=O)c1ccccc1F. The fraction of sp³-hybridized carbons (Fsp3) is 0.500. The molecular weight excluding hydrogens is 249 g/mol. The molecule has 0 heterocycles. The highest BCUT2D eigenvalue weighted by atomic mass is 32.2. The highest BCUT2D eigenvalue weighted by molar-refractivity contribution is 7.98. The van der Waals surface area contributed by atoms with E-state index in [2.05, 4.69) is 13.2 Å². The van der Waals surface area contributed by atoms with Crippen molar-refractivity contribution in [3.8, 4) is 0 Å². The van der Waals surface area contributed by atoms with Crippen molar-refractivity contribution in [3.63, 3.8) is 0 Å². The first-order chi connectivity index (χ1) is 8.60. The predicted octanol–water partition coefficient (Wildman–Crippen LogP) is 3.08. The van der Waals surface area contributed by atoms with Crippen LogP contribution in [0.2, 0.25) is 0 Å². The van der Waals surface area contributed by atoms with Crippen molar-refractivity contribution in [1.82, 2.24) is 4.90 Å². The lowest BCUT2D eigenvalue weighted by Gasteiger charge is -2.25. The minimum absolute atomic E-state index is 0.157. The van der Waals surface area contributed by atoms with Crippen molar-refractivity contribution in [2.75, 3.05) is 25.6 Å². The van der Waals surface area contributed by atoms with Crippen molar-refractivity contribution >= 4 is 17.5 Å². The molecule has 18 heavy (non-hydrogen) atoms. The first-order valence-corrected chi connectivity index (χ1v) is 7.46. The molecule has 0 aliphatic carbocycles. The Balaban J connectivity index is 2.67. The van der Waals surface area contributed by atoms with Crippen molar-refractivity contribution in [1.29, 1.82) is 0 Å². The molecule has 0 fully saturated rings. The van der Waals surface area contributed by atoms with E-state index in [0.717, 1.165) is 12.2 Å². The number of rotatable bonds is 7. The molecule has 2 nitrogen and oxygen atoms in total. The van der Waals surface area contributed by atoms with Gasteiger partial charge in [-0.25, -0.2) is 4.39 Å². The second-order valence-electron chi connectivity index (χ2n) is 4.34. The maximum absolute atomic E-state index is 13.5. The summed E-state index contributed by atoms with van der Waals surface area (Å²) in [6, 6.07) is 6.51. The topological polar surface area (TPSA) is 20.3 Å². The highest BCUT2D eigenvalue weighted by Crippen LogP contribution is 2.12. The Morgan fingerprint density at radius 1 is 1.44 bits per heavy atom. The van der Waals surface area contributed by atoms with Gasteiger partial charge in [-0.1, -0.05) is 19.1 Å². The van der Waals surface area contributed by atoms with Crippen LogP contribution in [-0.2, 0) is 0 Å². The molecule has 0 N–H and O–H groups in total. The zero-order valence-corrected chi connectivity index (χ0v) is 12.0. The number of nitrogens with zero attached hydrogens (tertiary/aromatic N) is 1. The summed E-state index contributed by atoms with van der Waals surface area (Å²) in [5, 5.41) is 0. The molecule has 1 aromatic rings. The van der Waals surface area contributed by atoms with E-state index in [4.69, 9.17) is 0 Å². The summed E-state index contributed by atoms with van der Waals surface area (Å²) >= 11 is 1.76. The van der Waals surface area contributed by atoms with Gasteiger partial charge >= 0.3 is 0 Å². The van der Waals surface area contributed by atoms with Gasteiger partial charge in [-0.2, -0.15) is 11.8 Å². The van der Waals surface area contributed by atoms with Gasteiger partial charge in [0.15, 0.2) is 5.78 Å². The Morgan fingerprint density at radius 3 is 2.67 bits per heavy atom. The number of ketones is 1. The number of carbonyl (C=O) groups excluding carboxylic acids is 1. The van der Waals surface area contributed by atoms with Crippen molar-refractivity contribution in [2.45, 2.75) is 19.4 Å². The van der Waals surface area contributed by atoms with E-state index in [1.54, 1.807) is 30.0 Å². The largest absolute Gasteiger partial charge is 0.295 e. The quantitative estimate of drug-likeness (QED) is 0.710. The Labute approximate surface area is 113 Å². The molecule has 0 aliphatic heterocycles. The molecule has 1 unspecified atom stereocenters. The lowest BCUT2D eigenvalue weighted by atomic mass is 10.1. The number of hydrogen-bond acceptors (Lipinski definition) is 3. The molecule has 4 heteroatoms. The number of carbonyl (C=O) groups is 1. The molecule has 0 saturated carbocycles. The fourth-order valence-electron chi connectivity index (χ4n) is 1.88. The number of Topliss-reactive ketones (excluding diaryl/α,β-unsaturated/α-hetero) is 1. The Hall–Kier alpha value is -0.870. The summed E-state index contributed by atoms with van der Waals surface area (Å²) in [6.07, 6.45) is 3.04. The second-order valence-corrected chi connectivity index (χ2v) is 5.25. The van der Waals surface area contributed by atoms with Crippen LogP contribution < -0.4 is 0 Å². The maximum atomic E-state index is 13.5. The molecule has 0 aliphatic rings. The first kappa shape index (κ1) is 15.2. The van der Waals surface area contributed by atoms with Crippen LogP contribution in [0.1, 0.15) is 23.7 Å². The van der Waals surface area contributed by atoms with E-state index in [1.165, 1.54) is 6.07 Å². The average molecular weight is 269 g/mol. The third-order valence-electron chi connectivity index (χ3n) is 3.02. The van der Waals surface area contributed by atoms with Gasteiger partial charge in [0.2, 0.25) is 0 Å². The summed E-state index contributed by atoms with van der Waals surface area (Å²) < 4.78 is 13.5. The summed E-state index contributed by atoms with van der Waals surface area (Å²) in [6.45, 7) is 2.37. The van der Waals surface area contributed by atoms with E-state index >= 15 is 0 Å². The van der Waals surface area contributed by atoms with Crippen LogP contribution in [0.25, 0.3) is 0 Å². The number of halogens is 1. The number of likely N-dealkylation sites (N-methyl/N-ethyl adjacent to an activating group) is 1. The van der Waals surface area contributed by atoms with Crippen LogP contribution in [0, 0.1) is 5.82 Å². The second kappa shape index (κ2) is 7.54. The van der Waals surface area contributed by atoms with Crippen molar-refractivity contribution < 1.29 is 9.18 Å². The predicted molar refractivity (Wildman–Crippen MR) is 75.8 cm³/mol. The number of hydrogen-bond donors (Lipinski definition) is 0. The molecule has 1 aromatic carbocycles. The van der Waals surface area contributed by atoms with Crippen LogP contribution in [0.3, 0.4) is 0 Å². The number of thioether (sulfide) groups is 1. The third-order valence-corrected chi connectivity index (χ3v) is 3.74. The van der Waals surface area contributed by atoms with Gasteiger partial charge in [0.25, 0.3) is 0 Å². The van der Waals surface area contributed by atoms with E-state index in [-0.39, 0.29) is 17.9 Å². The highest BCUT2D eigenvalue weighted by Gasteiger charge is 2.18. The summed E-state index contributed by atoms with van der Waals surface area (Å²) in [7, 11) is 1.92. The summed E-state index contributed by atoms with van der Waals surface area (Å²) in [5.74, 6) is 0.390. The third kappa shape index (κ3) is 4.10. The number of benzene rings is 1. The fourth-order valence-corrected chi connectivity index (χ4v) is 2.75. The lowest BCUT2D eigenvalue weighted by Crippen LogP contribution is -2.37. The van der Waals surface area contributed by atoms with Crippen molar-refractivity contribution in [3.05, 3.63) is 35.6 Å². The normalized spacial score (nSPS) is 12.7. The van der Waals surface area contributed by atoms with E-state index in [0.29, 0.717) is 6.04 Å². The van der Waals surface area contributed by atoms with Crippen molar-refractivity contribution in [2.24, 2.45) is 0 Å². The van der Waals surface area contributed by atoms with E-state index in [9.17, 15) is 9.18 Å². The molecule has 100 valence electrons. The molecule has 0 aromatic heterocycles. The van der Waals surface area contributed by atoms with Crippen LogP contribution >= 0.6 is 11.8 Å². The van der Waals surface area contributed by atoms with Crippen LogP contribution in [0.15, 0.2) is 24.3 Å². The monoisotopic (exact) mass is 269 g/mol. The molecule has 0 amide bonds. The molecule has 1 atom stereocenters.